The number of pyridine rings is 3. The molecular weight excluding hydrogens is 428 g/mol. The van der Waals surface area contributed by atoms with E-state index in [0.29, 0.717) is 17.9 Å². The molecule has 4 aromatic heterocycles. The van der Waals surface area contributed by atoms with E-state index in [4.69, 9.17) is 0 Å². The van der Waals surface area contributed by atoms with Gasteiger partial charge in [-0.2, -0.15) is 0 Å². The Hall–Kier alpha value is -3.98. The minimum atomic E-state index is -0.118. The molecule has 0 atom stereocenters. The highest BCUT2D eigenvalue weighted by atomic mass is 16.1. The van der Waals surface area contributed by atoms with Crippen LogP contribution in [0.1, 0.15) is 15.9 Å². The molecule has 0 radical (unpaired) electrons. The van der Waals surface area contributed by atoms with Gasteiger partial charge >= 0.3 is 0 Å². The van der Waals surface area contributed by atoms with Crippen molar-refractivity contribution in [1.29, 1.82) is 0 Å². The molecule has 2 N–H and O–H groups in total. The van der Waals surface area contributed by atoms with Crippen LogP contribution in [0.3, 0.4) is 0 Å². The van der Waals surface area contributed by atoms with E-state index in [-0.39, 0.29) is 5.91 Å². The predicted octanol–water partition coefficient (Wildman–Crippen LogP) is 2.77. The number of nitrogens with one attached hydrogen (secondary N) is 2. The summed E-state index contributed by atoms with van der Waals surface area (Å²) in [6.45, 7) is 4.48. The first kappa shape index (κ1) is 20.6. The molecule has 172 valence electrons. The highest BCUT2D eigenvalue weighted by molar-refractivity contribution is 6.06. The summed E-state index contributed by atoms with van der Waals surface area (Å²) in [7, 11) is 4.12. The van der Waals surface area contributed by atoms with Gasteiger partial charge in [-0.1, -0.05) is 0 Å². The molecule has 0 bridgehead atoms. The molecule has 0 unspecified atom stereocenters. The van der Waals surface area contributed by atoms with Crippen molar-refractivity contribution in [3.05, 3.63) is 60.2 Å². The number of rotatable bonds is 4. The summed E-state index contributed by atoms with van der Waals surface area (Å²) in [5, 5.41) is 7.32. The Kier molecular flexibility index (Phi) is 4.91. The van der Waals surface area contributed by atoms with Crippen LogP contribution in [0.5, 0.6) is 0 Å². The molecular formula is C25H26N8O. The second-order valence-electron chi connectivity index (χ2n) is 8.90. The normalized spacial score (nSPS) is 16.1. The van der Waals surface area contributed by atoms with Gasteiger partial charge in [-0.05, 0) is 42.4 Å². The molecule has 34 heavy (non-hydrogen) atoms. The number of piperazine rings is 1. The van der Waals surface area contributed by atoms with Crippen LogP contribution < -0.4 is 15.5 Å². The third-order valence-electron chi connectivity index (χ3n) is 6.74. The second kappa shape index (κ2) is 8.11. The van der Waals surface area contributed by atoms with E-state index >= 15 is 0 Å². The Labute approximate surface area is 197 Å². The fourth-order valence-electron chi connectivity index (χ4n) is 4.78. The van der Waals surface area contributed by atoms with Gasteiger partial charge in [0.2, 0.25) is 0 Å². The van der Waals surface area contributed by atoms with E-state index in [1.54, 1.807) is 12.4 Å². The topological polar surface area (TPSA) is 91.2 Å². The third kappa shape index (κ3) is 3.45. The highest BCUT2D eigenvalue weighted by Crippen LogP contribution is 2.36. The molecule has 9 nitrogen and oxygen atoms in total. The first-order valence-corrected chi connectivity index (χ1v) is 11.5. The van der Waals surface area contributed by atoms with Crippen LogP contribution in [0, 0.1) is 0 Å². The average molecular weight is 455 g/mol. The maximum absolute atomic E-state index is 12.8. The molecule has 1 fully saturated rings. The zero-order valence-electron chi connectivity index (χ0n) is 19.2. The summed E-state index contributed by atoms with van der Waals surface area (Å²) < 4.78 is 1.99. The largest absolute Gasteiger partial charge is 0.354 e. The molecule has 4 aromatic rings. The summed E-state index contributed by atoms with van der Waals surface area (Å²) >= 11 is 0. The number of anilines is 3. The summed E-state index contributed by atoms with van der Waals surface area (Å²) in [5.41, 5.74) is 5.20. The first-order chi connectivity index (χ1) is 16.6. The molecule has 2 aliphatic heterocycles. The Bertz CT molecular complexity index is 1390. The van der Waals surface area contributed by atoms with Crippen LogP contribution in [0.4, 0.5) is 17.3 Å². The molecule has 6 rings (SSSR count). The van der Waals surface area contributed by atoms with Crippen molar-refractivity contribution in [2.45, 2.75) is 6.54 Å². The smallest absolute Gasteiger partial charge is 0.255 e. The van der Waals surface area contributed by atoms with Crippen LogP contribution in [0.25, 0.3) is 22.2 Å². The maximum Gasteiger partial charge on any atom is 0.255 e. The lowest BCUT2D eigenvalue weighted by atomic mass is 9.97. The Morgan fingerprint density at radius 1 is 0.941 bits per heavy atom. The molecule has 1 saturated heterocycles. The van der Waals surface area contributed by atoms with Crippen LogP contribution in [-0.2, 0) is 13.6 Å². The fourth-order valence-corrected chi connectivity index (χ4v) is 4.78. The van der Waals surface area contributed by atoms with Gasteiger partial charge in [-0.25, -0.2) is 15.0 Å². The van der Waals surface area contributed by atoms with Crippen molar-refractivity contribution in [3.63, 3.8) is 0 Å². The fraction of sp³-hybridized carbons (Fsp3) is 0.280. The standard InChI is InChI=1S/C25H26N8O/c1-31-9-11-33(12-10-31)21-4-3-16(13-27-21)30-23-22-20(15-29-25(22)34)19(14-28-23)17-5-7-26-24-18(17)6-8-32(24)2/h3-8,13-14H,9-12,15H2,1-2H3,(H,28,30)(H,29,34). The van der Waals surface area contributed by atoms with Gasteiger partial charge in [-0.15, -0.1) is 0 Å². The van der Waals surface area contributed by atoms with E-state index in [0.717, 1.165) is 65.4 Å². The number of likely N-dealkylation sites (N-methyl/N-ethyl adjacent to an activating group) is 1. The molecule has 0 aliphatic carbocycles. The molecule has 6 heterocycles. The quantitative estimate of drug-likeness (QED) is 0.490. The summed E-state index contributed by atoms with van der Waals surface area (Å²) in [4.78, 5) is 31.2. The van der Waals surface area contributed by atoms with Crippen LogP contribution in [0.15, 0.2) is 49.1 Å². The number of hydrogen-bond donors (Lipinski definition) is 2. The zero-order valence-corrected chi connectivity index (χ0v) is 19.2. The Balaban J connectivity index is 1.32. The number of fused-ring (bicyclic) bond motifs is 2. The monoisotopic (exact) mass is 454 g/mol. The number of amides is 1. The molecule has 1 amide bonds. The molecule has 0 saturated carbocycles. The minimum absolute atomic E-state index is 0.118. The maximum atomic E-state index is 12.8. The van der Waals surface area contributed by atoms with Gasteiger partial charge in [0.25, 0.3) is 5.91 Å². The zero-order chi connectivity index (χ0) is 23.2. The number of hydrogen-bond acceptors (Lipinski definition) is 7. The molecule has 0 spiro atoms. The lowest BCUT2D eigenvalue weighted by molar-refractivity contribution is 0.0966. The van der Waals surface area contributed by atoms with E-state index < -0.39 is 0 Å². The Morgan fingerprint density at radius 3 is 2.59 bits per heavy atom. The second-order valence-corrected chi connectivity index (χ2v) is 8.90. The van der Waals surface area contributed by atoms with Crippen LogP contribution in [0.2, 0.25) is 0 Å². The van der Waals surface area contributed by atoms with Gasteiger partial charge < -0.3 is 25.0 Å². The summed E-state index contributed by atoms with van der Waals surface area (Å²) in [6, 6.07) is 8.04. The van der Waals surface area contributed by atoms with Gasteiger partial charge in [0.1, 0.15) is 17.3 Å². The number of carbonyl (C=O) groups is 1. The van der Waals surface area contributed by atoms with E-state index in [1.807, 2.05) is 48.3 Å². The van der Waals surface area contributed by atoms with Crippen molar-refractivity contribution in [1.82, 2.24) is 29.7 Å². The van der Waals surface area contributed by atoms with Crippen molar-refractivity contribution in [3.8, 4) is 11.1 Å². The van der Waals surface area contributed by atoms with Gasteiger partial charge in [0.05, 0.1) is 17.4 Å². The number of nitrogens with zero attached hydrogens (tertiary/aromatic N) is 6. The third-order valence-corrected chi connectivity index (χ3v) is 6.74. The minimum Gasteiger partial charge on any atom is -0.354 e. The number of aryl methyl sites for hydroxylation is 1. The van der Waals surface area contributed by atoms with Gasteiger partial charge in [0, 0.05) is 69.3 Å². The van der Waals surface area contributed by atoms with E-state index in [9.17, 15) is 4.79 Å². The molecule has 9 heteroatoms. The van der Waals surface area contributed by atoms with Crippen molar-refractivity contribution >= 4 is 34.3 Å². The predicted molar refractivity (Wildman–Crippen MR) is 132 cm³/mol. The van der Waals surface area contributed by atoms with Crippen LogP contribution >= 0.6 is 0 Å². The lowest BCUT2D eigenvalue weighted by Crippen LogP contribution is -2.44. The van der Waals surface area contributed by atoms with E-state index in [1.165, 1.54) is 0 Å². The molecule has 0 aromatic carbocycles. The summed E-state index contributed by atoms with van der Waals surface area (Å²) in [6.07, 6.45) is 7.44. The van der Waals surface area contributed by atoms with E-state index in [2.05, 4.69) is 42.4 Å². The number of aromatic nitrogens is 4. The van der Waals surface area contributed by atoms with Crippen molar-refractivity contribution in [2.75, 3.05) is 43.4 Å². The van der Waals surface area contributed by atoms with Crippen molar-refractivity contribution in [2.24, 2.45) is 7.05 Å². The summed E-state index contributed by atoms with van der Waals surface area (Å²) in [5.74, 6) is 1.39. The SMILES string of the molecule is CN1CCN(c2ccc(Nc3ncc(-c4ccnc5c4ccn5C)c4c3C(=O)NC4)cn2)CC1. The first-order valence-electron chi connectivity index (χ1n) is 11.5. The van der Waals surface area contributed by atoms with Gasteiger partial charge in [-0.3, -0.25) is 4.79 Å². The van der Waals surface area contributed by atoms with Crippen molar-refractivity contribution < 1.29 is 4.79 Å². The van der Waals surface area contributed by atoms with Gasteiger partial charge in [0.15, 0.2) is 0 Å². The van der Waals surface area contributed by atoms with Crippen LogP contribution in [-0.4, -0.2) is 63.6 Å². The lowest BCUT2D eigenvalue weighted by Gasteiger charge is -2.33. The molecule has 2 aliphatic rings. The highest BCUT2D eigenvalue weighted by Gasteiger charge is 2.28. The number of carbonyl (C=O) groups excluding carboxylic acids is 1. The average Bonchev–Trinajstić information content (AvgIpc) is 3.44. The Morgan fingerprint density at radius 2 is 1.79 bits per heavy atom.